The summed E-state index contributed by atoms with van der Waals surface area (Å²) in [6.45, 7) is 6.44. The molecule has 0 saturated heterocycles. The number of sulfonamides is 1. The van der Waals surface area contributed by atoms with Gasteiger partial charge >= 0.3 is 0 Å². The average Bonchev–Trinajstić information content (AvgIpc) is 2.91. The highest BCUT2D eigenvalue weighted by molar-refractivity contribution is 7.92. The summed E-state index contributed by atoms with van der Waals surface area (Å²) in [5.41, 5.74) is 1.60. The molecule has 0 aliphatic rings. The van der Waals surface area contributed by atoms with Crippen molar-refractivity contribution in [3.05, 3.63) is 87.9 Å². The van der Waals surface area contributed by atoms with Crippen LogP contribution in [0.2, 0.25) is 10.0 Å². The zero-order valence-corrected chi connectivity index (χ0v) is 25.3. The Kier molecular flexibility index (Phi) is 10.5. The van der Waals surface area contributed by atoms with Gasteiger partial charge in [0.05, 0.1) is 27.7 Å². The fourth-order valence-electron chi connectivity index (χ4n) is 4.05. The highest BCUT2D eigenvalue weighted by Crippen LogP contribution is 2.34. The molecule has 2 amide bonds. The minimum absolute atomic E-state index is 0.00736. The number of hydrogen-bond acceptors (Lipinski definition) is 5. The number of anilines is 1. The summed E-state index contributed by atoms with van der Waals surface area (Å²) in [6.07, 6.45) is 0. The maximum Gasteiger partial charge on any atom is 0.264 e. The lowest BCUT2D eigenvalue weighted by molar-refractivity contribution is -0.139. The second kappa shape index (κ2) is 13.4. The molecule has 1 atom stereocenters. The SMILES string of the molecule is COc1ccc(C)cc1N(CC(=O)N(Cc1ccc(Cl)c(Cl)c1)C(C)C(=O)NC(C)C)S(=O)(=O)c1ccccc1. The number of rotatable bonds is 11. The zero-order chi connectivity index (χ0) is 29.6. The van der Waals surface area contributed by atoms with Crippen LogP contribution in [-0.4, -0.2) is 50.9 Å². The summed E-state index contributed by atoms with van der Waals surface area (Å²) in [5.74, 6) is -0.700. The van der Waals surface area contributed by atoms with Gasteiger partial charge in [-0.15, -0.1) is 0 Å². The third-order valence-corrected chi connectivity index (χ3v) is 8.66. The monoisotopic (exact) mass is 605 g/mol. The zero-order valence-electron chi connectivity index (χ0n) is 23.0. The third-order valence-electron chi connectivity index (χ3n) is 6.15. The minimum Gasteiger partial charge on any atom is -0.495 e. The Morgan fingerprint density at radius 3 is 2.23 bits per heavy atom. The molecule has 11 heteroatoms. The molecule has 214 valence electrons. The van der Waals surface area contributed by atoms with Crippen LogP contribution in [-0.2, 0) is 26.2 Å². The number of carbonyl (C=O) groups is 2. The van der Waals surface area contributed by atoms with E-state index in [1.807, 2.05) is 20.8 Å². The van der Waals surface area contributed by atoms with Crippen LogP contribution in [0.4, 0.5) is 5.69 Å². The van der Waals surface area contributed by atoms with E-state index in [1.54, 1.807) is 61.5 Å². The number of halogens is 2. The molecule has 0 bridgehead atoms. The van der Waals surface area contributed by atoms with Crippen molar-refractivity contribution >= 4 is 50.7 Å². The van der Waals surface area contributed by atoms with Crippen molar-refractivity contribution in [3.63, 3.8) is 0 Å². The topological polar surface area (TPSA) is 96.0 Å². The highest BCUT2D eigenvalue weighted by atomic mass is 35.5. The van der Waals surface area contributed by atoms with E-state index in [0.717, 1.165) is 9.87 Å². The predicted molar refractivity (Wildman–Crippen MR) is 158 cm³/mol. The summed E-state index contributed by atoms with van der Waals surface area (Å²) < 4.78 is 34.4. The Morgan fingerprint density at radius 1 is 0.950 bits per heavy atom. The van der Waals surface area contributed by atoms with Crippen LogP contribution in [0.5, 0.6) is 5.75 Å². The molecule has 0 saturated carbocycles. The van der Waals surface area contributed by atoms with E-state index < -0.39 is 28.5 Å². The summed E-state index contributed by atoms with van der Waals surface area (Å²) in [5, 5.41) is 3.46. The molecular weight excluding hydrogens is 573 g/mol. The first-order valence-electron chi connectivity index (χ1n) is 12.6. The lowest BCUT2D eigenvalue weighted by Gasteiger charge is -2.32. The molecular formula is C29H33Cl2N3O5S. The quantitative estimate of drug-likeness (QED) is 0.313. The summed E-state index contributed by atoms with van der Waals surface area (Å²) >= 11 is 12.3. The van der Waals surface area contributed by atoms with Crippen molar-refractivity contribution in [3.8, 4) is 5.75 Å². The molecule has 3 aromatic carbocycles. The molecule has 0 fully saturated rings. The van der Waals surface area contributed by atoms with Gasteiger partial charge < -0.3 is 15.0 Å². The normalized spacial score (nSPS) is 12.1. The highest BCUT2D eigenvalue weighted by Gasteiger charge is 2.34. The number of hydrogen-bond donors (Lipinski definition) is 1. The molecule has 3 rings (SSSR count). The van der Waals surface area contributed by atoms with Gasteiger partial charge in [-0.05, 0) is 75.2 Å². The number of carbonyl (C=O) groups excluding carboxylic acids is 2. The van der Waals surface area contributed by atoms with E-state index in [4.69, 9.17) is 27.9 Å². The largest absolute Gasteiger partial charge is 0.495 e. The van der Waals surface area contributed by atoms with Crippen molar-refractivity contribution in [2.45, 2.75) is 51.2 Å². The Morgan fingerprint density at radius 2 is 1.62 bits per heavy atom. The van der Waals surface area contributed by atoms with Gasteiger partial charge in [0.25, 0.3) is 10.0 Å². The predicted octanol–water partition coefficient (Wildman–Crippen LogP) is 5.45. The molecule has 1 unspecified atom stereocenters. The number of nitrogens with one attached hydrogen (secondary N) is 1. The van der Waals surface area contributed by atoms with Crippen LogP contribution in [0.3, 0.4) is 0 Å². The molecule has 0 aromatic heterocycles. The lowest BCUT2D eigenvalue weighted by atomic mass is 10.1. The molecule has 0 aliphatic carbocycles. The molecule has 0 aliphatic heterocycles. The standard InChI is InChI=1S/C29H33Cl2N3O5S/c1-19(2)32-29(36)21(4)33(17-22-12-13-24(30)25(31)16-22)28(35)18-34(26-15-20(3)11-14-27(26)39-5)40(37,38)23-9-7-6-8-10-23/h6-16,19,21H,17-18H2,1-5H3,(H,32,36). The van der Waals surface area contributed by atoms with Gasteiger partial charge in [0.2, 0.25) is 11.8 Å². The molecule has 0 heterocycles. The number of ether oxygens (including phenoxy) is 1. The van der Waals surface area contributed by atoms with Crippen LogP contribution < -0.4 is 14.4 Å². The van der Waals surface area contributed by atoms with Gasteiger partial charge in [-0.3, -0.25) is 13.9 Å². The van der Waals surface area contributed by atoms with Crippen LogP contribution >= 0.6 is 23.2 Å². The maximum atomic E-state index is 14.0. The van der Waals surface area contributed by atoms with Gasteiger partial charge in [0.1, 0.15) is 18.3 Å². The smallest absolute Gasteiger partial charge is 0.264 e. The van der Waals surface area contributed by atoms with E-state index >= 15 is 0 Å². The Balaban J connectivity index is 2.10. The second-order valence-electron chi connectivity index (χ2n) is 9.61. The minimum atomic E-state index is -4.22. The molecule has 1 N–H and O–H groups in total. The number of nitrogens with zero attached hydrogens (tertiary/aromatic N) is 2. The van der Waals surface area contributed by atoms with Crippen LogP contribution in [0.25, 0.3) is 0 Å². The van der Waals surface area contributed by atoms with E-state index in [2.05, 4.69) is 5.32 Å². The fourth-order valence-corrected chi connectivity index (χ4v) is 5.81. The van der Waals surface area contributed by atoms with Gasteiger partial charge in [-0.25, -0.2) is 8.42 Å². The maximum absolute atomic E-state index is 14.0. The molecule has 40 heavy (non-hydrogen) atoms. The summed E-state index contributed by atoms with van der Waals surface area (Å²) in [7, 11) is -2.79. The average molecular weight is 607 g/mol. The Hall–Kier alpha value is -3.27. The molecule has 0 radical (unpaired) electrons. The Bertz CT molecular complexity index is 1470. The van der Waals surface area contributed by atoms with Crippen molar-refractivity contribution in [2.24, 2.45) is 0 Å². The number of aryl methyl sites for hydroxylation is 1. The van der Waals surface area contributed by atoms with Gasteiger partial charge in [-0.1, -0.05) is 53.5 Å². The molecule has 3 aromatic rings. The van der Waals surface area contributed by atoms with Gasteiger partial charge in [0, 0.05) is 12.6 Å². The van der Waals surface area contributed by atoms with Crippen molar-refractivity contribution in [1.29, 1.82) is 0 Å². The third kappa shape index (κ3) is 7.47. The van der Waals surface area contributed by atoms with Crippen LogP contribution in [0.15, 0.2) is 71.6 Å². The number of benzene rings is 3. The van der Waals surface area contributed by atoms with E-state index in [-0.39, 0.29) is 34.8 Å². The van der Waals surface area contributed by atoms with E-state index in [1.165, 1.54) is 24.1 Å². The number of methoxy groups -OCH3 is 1. The fraction of sp³-hybridized carbons (Fsp3) is 0.310. The van der Waals surface area contributed by atoms with Crippen molar-refractivity contribution in [2.75, 3.05) is 18.0 Å². The van der Waals surface area contributed by atoms with Gasteiger partial charge in [0.15, 0.2) is 0 Å². The van der Waals surface area contributed by atoms with Crippen LogP contribution in [0, 0.1) is 6.92 Å². The summed E-state index contributed by atoms with van der Waals surface area (Å²) in [4.78, 5) is 28.4. The Labute approximate surface area is 245 Å². The number of amides is 2. The van der Waals surface area contributed by atoms with Crippen molar-refractivity contribution in [1.82, 2.24) is 10.2 Å². The molecule has 8 nitrogen and oxygen atoms in total. The van der Waals surface area contributed by atoms with Gasteiger partial charge in [-0.2, -0.15) is 0 Å². The van der Waals surface area contributed by atoms with Crippen molar-refractivity contribution < 1.29 is 22.7 Å². The van der Waals surface area contributed by atoms with Crippen LogP contribution in [0.1, 0.15) is 31.9 Å². The first-order valence-corrected chi connectivity index (χ1v) is 14.8. The first-order chi connectivity index (χ1) is 18.8. The van der Waals surface area contributed by atoms with E-state index in [9.17, 15) is 18.0 Å². The summed E-state index contributed by atoms with van der Waals surface area (Å²) in [6, 6.07) is 16.7. The first kappa shape index (κ1) is 31.3. The lowest BCUT2D eigenvalue weighted by Crippen LogP contribution is -2.52. The second-order valence-corrected chi connectivity index (χ2v) is 12.3. The molecule has 0 spiro atoms. The van der Waals surface area contributed by atoms with E-state index in [0.29, 0.717) is 15.6 Å².